The van der Waals surface area contributed by atoms with Crippen LogP contribution in [0.25, 0.3) is 172 Å². The molecule has 0 amide bonds. The summed E-state index contributed by atoms with van der Waals surface area (Å²) in [5, 5.41) is 9.75. The Morgan fingerprint density at radius 1 is 0.275 bits per heavy atom. The molecule has 0 radical (unpaired) electrons. The summed E-state index contributed by atoms with van der Waals surface area (Å²) in [4.78, 5) is 26.8. The van der Waals surface area contributed by atoms with Gasteiger partial charge in [-0.1, -0.05) is 237 Å². The predicted molar refractivity (Wildman–Crippen MR) is 432 cm³/mol. The van der Waals surface area contributed by atoms with E-state index in [0.717, 1.165) is 112 Å². The lowest BCUT2D eigenvalue weighted by atomic mass is 9.83. The van der Waals surface area contributed by atoms with Gasteiger partial charge in [0.1, 0.15) is 11.2 Å². The van der Waals surface area contributed by atoms with Crippen LogP contribution >= 0.6 is 34.0 Å². The van der Waals surface area contributed by atoms with Crippen molar-refractivity contribution in [3.63, 3.8) is 0 Å². The number of thiophene rings is 3. The lowest BCUT2D eigenvalue weighted by molar-refractivity contribution is 0.532. The first-order chi connectivity index (χ1) is 50.4. The second-order valence-electron chi connectivity index (χ2n) is 26.5. The summed E-state index contributed by atoms with van der Waals surface area (Å²) >= 11 is 5.48. The largest absolute Gasteiger partial charge is 0.456 e. The van der Waals surface area contributed by atoms with Crippen molar-refractivity contribution < 1.29 is 4.42 Å². The van der Waals surface area contributed by atoms with Crippen molar-refractivity contribution in [3.05, 3.63) is 332 Å². The number of aromatic nitrogens is 3. The molecule has 1 aliphatic heterocycles. The molecule has 102 heavy (non-hydrogen) atoms. The van der Waals surface area contributed by atoms with Crippen molar-refractivity contribution in [2.24, 2.45) is 15.9 Å². The predicted octanol–water partition coefficient (Wildman–Crippen LogP) is 26.2. The molecule has 2 atom stereocenters. The highest BCUT2D eigenvalue weighted by atomic mass is 32.1. The first-order valence-electron chi connectivity index (χ1n) is 34.6. The first kappa shape index (κ1) is 59.9. The van der Waals surface area contributed by atoms with Crippen molar-refractivity contribution in [2.75, 3.05) is 0 Å². The Bertz CT molecular complexity index is 6620. The van der Waals surface area contributed by atoms with E-state index >= 15 is 0 Å². The summed E-state index contributed by atoms with van der Waals surface area (Å²) in [6.07, 6.45) is 0.893. The average molecular weight is 1360 g/mol. The second kappa shape index (κ2) is 24.7. The molecule has 0 fully saturated rings. The van der Waals surface area contributed by atoms with Gasteiger partial charge in [-0.3, -0.25) is 4.99 Å². The van der Waals surface area contributed by atoms with Crippen LogP contribution in [0, 0.1) is 5.92 Å². The minimum absolute atomic E-state index is 0.0889. The van der Waals surface area contributed by atoms with Crippen LogP contribution in [0.3, 0.4) is 0 Å². The smallest absolute Gasteiger partial charge is 0.164 e. The number of benzene rings is 14. The van der Waals surface area contributed by atoms with Gasteiger partial charge in [-0.25, -0.2) is 19.9 Å². The summed E-state index contributed by atoms with van der Waals surface area (Å²) in [5.74, 6) is 2.75. The number of rotatable bonds is 12. The molecule has 0 aliphatic carbocycles. The van der Waals surface area contributed by atoms with Gasteiger partial charge in [-0.2, -0.15) is 0 Å². The van der Waals surface area contributed by atoms with Gasteiger partial charge in [0.2, 0.25) is 0 Å². The molecule has 9 heteroatoms. The third-order valence-corrected chi connectivity index (χ3v) is 23.7. The molecule has 20 rings (SSSR count). The number of amidine groups is 1. The quantitative estimate of drug-likeness (QED) is 0.122. The van der Waals surface area contributed by atoms with E-state index in [4.69, 9.17) is 29.4 Å². The third kappa shape index (κ3) is 10.6. The molecule has 6 nitrogen and oxygen atoms in total. The molecule has 19 aromatic rings. The van der Waals surface area contributed by atoms with Gasteiger partial charge < -0.3 is 4.42 Å². The molecule has 0 saturated carbocycles. The van der Waals surface area contributed by atoms with Crippen LogP contribution in [0.15, 0.2) is 330 Å². The van der Waals surface area contributed by atoms with Crippen LogP contribution in [0.1, 0.15) is 36.1 Å². The van der Waals surface area contributed by atoms with Crippen molar-refractivity contribution in [2.45, 2.75) is 19.4 Å². The highest BCUT2D eigenvalue weighted by molar-refractivity contribution is 7.26. The SMILES string of the molecule is CC[C@@H]1C(c2ccc(-c3cccc(-c4ccc5c(c4)oc4ccccc45)c3)cc2)=NC(c2ccc3c(c2)sc2cc(-c4ccc5sc6cc(-c7cc(-c8ccccc8)cc(-c8nc(-c9ccccc9)nc(-c9ccc%10c(c9)sc9ccccc9%10)n8)c7)ccc6c5c4)ccc23)=NC1c1ccccc1. The highest BCUT2D eigenvalue weighted by Gasteiger charge is 2.32. The fourth-order valence-corrected chi connectivity index (χ4v) is 18.6. The summed E-state index contributed by atoms with van der Waals surface area (Å²) in [7, 11) is 0. The van der Waals surface area contributed by atoms with E-state index in [0.29, 0.717) is 17.5 Å². The van der Waals surface area contributed by atoms with Crippen LogP contribution in [-0.2, 0) is 0 Å². The summed E-state index contributed by atoms with van der Waals surface area (Å²) in [5.41, 5.74) is 20.4. The van der Waals surface area contributed by atoms with Crippen LogP contribution < -0.4 is 0 Å². The van der Waals surface area contributed by atoms with E-state index in [1.54, 1.807) is 11.3 Å². The maximum absolute atomic E-state index is 6.28. The monoisotopic (exact) mass is 1360 g/mol. The number of fused-ring (bicyclic) bond motifs is 12. The van der Waals surface area contributed by atoms with Crippen LogP contribution in [0.5, 0.6) is 0 Å². The Kier molecular flexibility index (Phi) is 14.5. The number of hydrogen-bond acceptors (Lipinski definition) is 9. The molecule has 14 aromatic carbocycles. The maximum atomic E-state index is 6.28. The Morgan fingerprint density at radius 3 is 1.39 bits per heavy atom. The van der Waals surface area contributed by atoms with Gasteiger partial charge in [-0.15, -0.1) is 34.0 Å². The Labute approximate surface area is 600 Å². The van der Waals surface area contributed by atoms with Crippen molar-refractivity contribution in [3.8, 4) is 89.8 Å². The summed E-state index contributed by atoms with van der Waals surface area (Å²) in [6.45, 7) is 2.26. The topological polar surface area (TPSA) is 76.5 Å². The number of nitrogens with zero attached hydrogens (tertiary/aromatic N) is 5. The Hall–Kier alpha value is -12.1. The van der Waals surface area contributed by atoms with Crippen molar-refractivity contribution in [1.29, 1.82) is 0 Å². The molecular weight excluding hydrogens is 1300 g/mol. The van der Waals surface area contributed by atoms with Gasteiger partial charge in [0.15, 0.2) is 23.3 Å². The van der Waals surface area contributed by atoms with Crippen LogP contribution in [0.4, 0.5) is 0 Å². The summed E-state index contributed by atoms with van der Waals surface area (Å²) in [6, 6.07) is 114. The molecule has 480 valence electrons. The molecule has 6 heterocycles. The van der Waals surface area contributed by atoms with Crippen molar-refractivity contribution in [1.82, 2.24) is 15.0 Å². The van der Waals surface area contributed by atoms with Gasteiger partial charge in [0.25, 0.3) is 0 Å². The molecule has 1 aliphatic rings. The molecule has 0 spiro atoms. The van der Waals surface area contributed by atoms with E-state index < -0.39 is 0 Å². The van der Waals surface area contributed by atoms with Gasteiger partial charge >= 0.3 is 0 Å². The molecule has 5 aromatic heterocycles. The van der Waals surface area contributed by atoms with Crippen LogP contribution in [-0.4, -0.2) is 26.5 Å². The number of hydrogen-bond donors (Lipinski definition) is 0. The second-order valence-corrected chi connectivity index (χ2v) is 29.7. The number of para-hydroxylation sites is 1. The van der Waals surface area contributed by atoms with Gasteiger partial charge in [-0.05, 0) is 158 Å². The standard InChI is InChI=1S/C93H59N5OS3/c1-2-71-88(57-19-8-4-9-20-57)94-91(95-89(71)58-31-29-56(30-32-58)60-23-16-24-61(45-60)63-33-39-73-72-25-12-14-27-80(72)99-81(73)50-63)66-36-43-77-76-40-34-64(51-84(76)102-87(77)53-66)62-38-44-83-79(49-62)78-41-35-65(52-85(78)101-83)69-46-68(55-17-6-3-7-18-55)47-70(48-69)93-97-90(59-21-10-5-11-22-59)96-92(98-93)67-37-42-75-74-26-13-15-28-82(74)100-86(75)54-67/h3-54,71,88H,2H2,1H3/t71-,88?/m0/s1. The maximum Gasteiger partial charge on any atom is 0.164 e. The van der Waals surface area contributed by atoms with E-state index in [1.165, 1.54) is 77.2 Å². The fraction of sp³-hybridized carbons (Fsp3) is 0.0430. The van der Waals surface area contributed by atoms with Crippen LogP contribution in [0.2, 0.25) is 0 Å². The Balaban J connectivity index is 0.611. The van der Waals surface area contributed by atoms with Crippen molar-refractivity contribution >= 4 is 128 Å². The van der Waals surface area contributed by atoms with Gasteiger partial charge in [0.05, 0.1) is 11.8 Å². The molecule has 0 bridgehead atoms. The zero-order chi connectivity index (χ0) is 67.4. The first-order valence-corrected chi connectivity index (χ1v) is 37.1. The summed E-state index contributed by atoms with van der Waals surface area (Å²) < 4.78 is 13.7. The lowest BCUT2D eigenvalue weighted by Crippen LogP contribution is -2.28. The van der Waals surface area contributed by atoms with E-state index in [-0.39, 0.29) is 12.0 Å². The minimum atomic E-state index is -0.0938. The minimum Gasteiger partial charge on any atom is -0.456 e. The fourth-order valence-electron chi connectivity index (χ4n) is 15.2. The normalized spacial score (nSPS) is 14.1. The van der Waals surface area contributed by atoms with Gasteiger partial charge in [0, 0.05) is 99.5 Å². The van der Waals surface area contributed by atoms with E-state index in [9.17, 15) is 0 Å². The molecular formula is C93H59N5OS3. The molecule has 0 N–H and O–H groups in total. The number of furan rings is 1. The average Bonchev–Trinajstić information content (AvgIpc) is 1.24. The zero-order valence-corrected chi connectivity index (χ0v) is 57.7. The van der Waals surface area contributed by atoms with E-state index in [1.807, 2.05) is 53.0 Å². The lowest BCUT2D eigenvalue weighted by Gasteiger charge is -2.30. The number of aliphatic imine (C=N–C) groups is 2. The third-order valence-electron chi connectivity index (χ3n) is 20.4. The van der Waals surface area contributed by atoms with E-state index in [2.05, 4.69) is 292 Å². The molecule has 0 saturated heterocycles. The Morgan fingerprint density at radius 2 is 0.686 bits per heavy atom. The zero-order valence-electron chi connectivity index (χ0n) is 55.3. The molecule has 1 unspecified atom stereocenters. The highest BCUT2D eigenvalue weighted by Crippen LogP contribution is 2.45.